The highest BCUT2D eigenvalue weighted by Crippen LogP contribution is 2.69. The number of ether oxygens (including phenoxy) is 1. The molecule has 2 fully saturated rings. The topological polar surface area (TPSA) is 95.9 Å². The van der Waals surface area contributed by atoms with E-state index in [0.717, 1.165) is 12.8 Å². The lowest BCUT2D eigenvalue weighted by Gasteiger charge is -2.37. The van der Waals surface area contributed by atoms with Gasteiger partial charge in [0.05, 0.1) is 0 Å². The Bertz CT molecular complexity index is 642. The molecule has 28 heavy (non-hydrogen) atoms. The fourth-order valence-electron chi connectivity index (χ4n) is 4.96. The molecule has 1 saturated carbocycles. The van der Waals surface area contributed by atoms with E-state index in [9.17, 15) is 19.5 Å². The molecular weight excluding hydrogens is 360 g/mol. The lowest BCUT2D eigenvalue weighted by Crippen LogP contribution is -2.58. The van der Waals surface area contributed by atoms with E-state index in [2.05, 4.69) is 19.2 Å². The van der Waals surface area contributed by atoms with Crippen molar-refractivity contribution in [1.29, 1.82) is 0 Å². The summed E-state index contributed by atoms with van der Waals surface area (Å²) < 4.78 is 5.31. The van der Waals surface area contributed by atoms with E-state index in [1.165, 1.54) is 4.90 Å². The number of nitrogens with zero attached hydrogens (tertiary/aromatic N) is 1. The summed E-state index contributed by atoms with van der Waals surface area (Å²) in [4.78, 5) is 39.2. The normalized spacial score (nSPS) is 27.0. The number of nitrogens with one attached hydrogen (secondary N) is 1. The second kappa shape index (κ2) is 7.23. The van der Waals surface area contributed by atoms with Gasteiger partial charge >= 0.3 is 12.1 Å². The quantitative estimate of drug-likeness (QED) is 0.743. The van der Waals surface area contributed by atoms with Crippen LogP contribution in [-0.2, 0) is 14.3 Å². The summed E-state index contributed by atoms with van der Waals surface area (Å²) in [7, 11) is 0. The van der Waals surface area contributed by atoms with Crippen LogP contribution in [0.4, 0.5) is 4.79 Å². The number of fused-ring (bicyclic) bond motifs is 1. The number of likely N-dealkylation sites (tertiary alicyclic amines) is 1. The lowest BCUT2D eigenvalue weighted by atomic mass is 9.84. The van der Waals surface area contributed by atoms with Crippen molar-refractivity contribution in [3.8, 4) is 0 Å². The maximum atomic E-state index is 13.4. The van der Waals surface area contributed by atoms with Gasteiger partial charge in [0.25, 0.3) is 0 Å². The van der Waals surface area contributed by atoms with Gasteiger partial charge in [-0.05, 0) is 50.4 Å². The zero-order valence-electron chi connectivity index (χ0n) is 18.5. The van der Waals surface area contributed by atoms with Crippen LogP contribution in [0.5, 0.6) is 0 Å². The first-order valence-electron chi connectivity index (χ1n) is 10.2. The summed E-state index contributed by atoms with van der Waals surface area (Å²) >= 11 is 0. The van der Waals surface area contributed by atoms with Gasteiger partial charge in [-0.15, -0.1) is 0 Å². The molecule has 2 amide bonds. The zero-order chi connectivity index (χ0) is 21.7. The number of alkyl carbamates (subject to hydrolysis) is 1. The first kappa shape index (κ1) is 22.5. The van der Waals surface area contributed by atoms with Crippen molar-refractivity contribution in [2.24, 2.45) is 22.7 Å². The minimum Gasteiger partial charge on any atom is -0.480 e. The van der Waals surface area contributed by atoms with Gasteiger partial charge in [-0.3, -0.25) is 4.79 Å². The summed E-state index contributed by atoms with van der Waals surface area (Å²) in [6, 6.07) is -1.69. The van der Waals surface area contributed by atoms with Gasteiger partial charge in [0.15, 0.2) is 0 Å². The molecule has 0 aromatic carbocycles. The second-order valence-corrected chi connectivity index (χ2v) is 10.3. The Kier molecular flexibility index (Phi) is 5.81. The highest BCUT2D eigenvalue weighted by atomic mass is 16.6. The van der Waals surface area contributed by atoms with Crippen LogP contribution < -0.4 is 5.32 Å². The molecule has 2 N–H and O–H groups in total. The molecule has 0 aromatic heterocycles. The number of carbonyl (C=O) groups is 3. The second-order valence-electron chi connectivity index (χ2n) is 10.3. The molecule has 0 bridgehead atoms. The molecule has 0 unspecified atom stereocenters. The number of hydrogen-bond acceptors (Lipinski definition) is 4. The SMILES string of the molecule is CCC1(CC)[C@@H]2[C@@H](C(=O)O)N(C(=O)[C@@H](NC(=O)OC(C)(C)C)C(C)(C)C)C[C@@H]21. The van der Waals surface area contributed by atoms with Gasteiger partial charge in [-0.1, -0.05) is 34.6 Å². The smallest absolute Gasteiger partial charge is 0.408 e. The standard InChI is InChI=1S/C21H36N2O5/c1-9-21(10-2)12-11-23(14(13(12)21)17(25)26)16(24)15(19(3,4)5)22-18(27)28-20(6,7)8/h12-15H,9-11H2,1-8H3,(H,22,27)(H,25,26)/t12-,13-,14-,15+/m0/s1. The first-order valence-corrected chi connectivity index (χ1v) is 10.2. The van der Waals surface area contributed by atoms with Crippen molar-refractivity contribution in [3.05, 3.63) is 0 Å². The lowest BCUT2D eigenvalue weighted by molar-refractivity contribution is -0.152. The van der Waals surface area contributed by atoms with E-state index in [-0.39, 0.29) is 23.2 Å². The van der Waals surface area contributed by atoms with Crippen LogP contribution in [-0.4, -0.2) is 52.2 Å². The minimum absolute atomic E-state index is 0.00825. The molecule has 2 aliphatic rings. The monoisotopic (exact) mass is 396 g/mol. The Hall–Kier alpha value is -1.79. The largest absolute Gasteiger partial charge is 0.480 e. The summed E-state index contributed by atoms with van der Waals surface area (Å²) in [5.41, 5.74) is -1.25. The number of piperidine rings is 1. The van der Waals surface area contributed by atoms with E-state index in [4.69, 9.17) is 4.74 Å². The first-order chi connectivity index (χ1) is 12.7. The fourth-order valence-corrected chi connectivity index (χ4v) is 4.96. The number of amides is 2. The predicted molar refractivity (Wildman–Crippen MR) is 106 cm³/mol. The maximum absolute atomic E-state index is 13.4. The van der Waals surface area contributed by atoms with Crippen LogP contribution in [0.2, 0.25) is 0 Å². The molecule has 1 aliphatic carbocycles. The van der Waals surface area contributed by atoms with Crippen molar-refractivity contribution >= 4 is 18.0 Å². The van der Waals surface area contributed by atoms with Crippen LogP contribution in [0.1, 0.15) is 68.2 Å². The van der Waals surface area contributed by atoms with Gasteiger partial charge in [-0.25, -0.2) is 9.59 Å². The van der Waals surface area contributed by atoms with Crippen molar-refractivity contribution < 1.29 is 24.2 Å². The van der Waals surface area contributed by atoms with Gasteiger partial charge in [0, 0.05) is 12.5 Å². The molecule has 7 nitrogen and oxygen atoms in total. The van der Waals surface area contributed by atoms with Crippen LogP contribution in [0.25, 0.3) is 0 Å². The maximum Gasteiger partial charge on any atom is 0.408 e. The number of carboxylic acid groups (broad SMARTS) is 1. The molecule has 0 aromatic rings. The number of carbonyl (C=O) groups excluding carboxylic acids is 2. The number of hydrogen-bond donors (Lipinski definition) is 2. The summed E-state index contributed by atoms with van der Waals surface area (Å²) in [6.45, 7) is 15.4. The molecule has 1 heterocycles. The third kappa shape index (κ3) is 3.98. The van der Waals surface area contributed by atoms with Crippen molar-refractivity contribution in [3.63, 3.8) is 0 Å². The van der Waals surface area contributed by atoms with Crippen molar-refractivity contribution in [1.82, 2.24) is 10.2 Å². The molecule has 4 atom stereocenters. The molecule has 160 valence electrons. The Labute approximate surface area is 168 Å². The van der Waals surface area contributed by atoms with Crippen LogP contribution in [0.15, 0.2) is 0 Å². The molecule has 1 saturated heterocycles. The average molecular weight is 397 g/mol. The summed E-state index contributed by atoms with van der Waals surface area (Å²) in [5, 5.41) is 12.5. The molecule has 0 radical (unpaired) electrons. The molecule has 0 spiro atoms. The van der Waals surface area contributed by atoms with E-state index >= 15 is 0 Å². The molecule has 1 aliphatic heterocycles. The van der Waals surface area contributed by atoms with E-state index in [0.29, 0.717) is 6.54 Å². The Morgan fingerprint density at radius 1 is 1.14 bits per heavy atom. The van der Waals surface area contributed by atoms with Gasteiger partial charge < -0.3 is 20.1 Å². The fraction of sp³-hybridized carbons (Fsp3) is 0.857. The third-order valence-electron chi connectivity index (χ3n) is 6.42. The van der Waals surface area contributed by atoms with Crippen LogP contribution >= 0.6 is 0 Å². The molecular formula is C21H36N2O5. The summed E-state index contributed by atoms with van der Waals surface area (Å²) in [5.74, 6) is -1.10. The van der Waals surface area contributed by atoms with Gasteiger partial charge in [0.1, 0.15) is 17.7 Å². The third-order valence-corrected chi connectivity index (χ3v) is 6.42. The number of aliphatic carboxylic acids is 1. The average Bonchev–Trinajstić information content (AvgIpc) is 2.94. The van der Waals surface area contributed by atoms with Crippen molar-refractivity contribution in [2.45, 2.75) is 85.9 Å². The highest BCUT2D eigenvalue weighted by molar-refractivity contribution is 5.91. The van der Waals surface area contributed by atoms with E-state index < -0.39 is 35.2 Å². The number of carboxylic acids is 1. The Morgan fingerprint density at radius 2 is 1.68 bits per heavy atom. The summed E-state index contributed by atoms with van der Waals surface area (Å²) in [6.07, 6.45) is 1.17. The molecule has 7 heteroatoms. The Morgan fingerprint density at radius 3 is 2.07 bits per heavy atom. The Balaban J connectivity index is 2.23. The van der Waals surface area contributed by atoms with Crippen molar-refractivity contribution in [2.75, 3.05) is 6.54 Å². The highest BCUT2D eigenvalue weighted by Gasteiger charge is 2.72. The van der Waals surface area contributed by atoms with Crippen LogP contribution in [0, 0.1) is 22.7 Å². The van der Waals surface area contributed by atoms with Gasteiger partial charge in [0.2, 0.25) is 5.91 Å². The van der Waals surface area contributed by atoms with E-state index in [1.807, 2.05) is 20.8 Å². The van der Waals surface area contributed by atoms with Gasteiger partial charge in [-0.2, -0.15) is 0 Å². The number of rotatable bonds is 5. The zero-order valence-corrected chi connectivity index (χ0v) is 18.5. The van der Waals surface area contributed by atoms with Crippen LogP contribution in [0.3, 0.4) is 0 Å². The van der Waals surface area contributed by atoms with E-state index in [1.54, 1.807) is 20.8 Å². The molecule has 2 rings (SSSR count). The predicted octanol–water partition coefficient (Wildman–Crippen LogP) is 3.27. The minimum atomic E-state index is -0.963.